The van der Waals surface area contributed by atoms with Crippen molar-refractivity contribution in [1.29, 1.82) is 0 Å². The van der Waals surface area contributed by atoms with Crippen LogP contribution in [0.2, 0.25) is 0 Å². The summed E-state index contributed by atoms with van der Waals surface area (Å²) in [6.45, 7) is 1.35. The molecule has 2 amide bonds. The lowest BCUT2D eigenvalue weighted by Gasteiger charge is -2.43. The molecule has 0 radical (unpaired) electrons. The minimum atomic E-state index is -1.87. The minimum absolute atomic E-state index is 0.0685. The van der Waals surface area contributed by atoms with Crippen molar-refractivity contribution < 1.29 is 32.9 Å². The Bertz CT molecular complexity index is 902. The number of likely N-dealkylation sites (N-methyl/N-ethyl adjacent to an activating group) is 1. The van der Waals surface area contributed by atoms with E-state index >= 15 is 0 Å². The number of carbonyl (C=O) groups is 1. The van der Waals surface area contributed by atoms with Crippen LogP contribution in [0.5, 0.6) is 0 Å². The third-order valence-electron chi connectivity index (χ3n) is 8.28. The van der Waals surface area contributed by atoms with Crippen LogP contribution < -0.4 is 10.6 Å². The first-order valence-corrected chi connectivity index (χ1v) is 14.0. The van der Waals surface area contributed by atoms with Gasteiger partial charge in [-0.15, -0.1) is 0 Å². The second kappa shape index (κ2) is 14.5. The molecule has 0 aromatic heterocycles. The number of benzene rings is 1. The van der Waals surface area contributed by atoms with Crippen LogP contribution in [0.3, 0.4) is 0 Å². The molecule has 0 spiro atoms. The molecular weight excluding hydrogens is 499 g/mol. The molecule has 0 bridgehead atoms. The van der Waals surface area contributed by atoms with Gasteiger partial charge in [-0.05, 0) is 64.0 Å². The van der Waals surface area contributed by atoms with E-state index in [0.29, 0.717) is 51.4 Å². The van der Waals surface area contributed by atoms with E-state index in [4.69, 9.17) is 4.74 Å². The van der Waals surface area contributed by atoms with E-state index in [0.717, 1.165) is 38.2 Å². The zero-order valence-corrected chi connectivity index (χ0v) is 22.7. The first-order valence-electron chi connectivity index (χ1n) is 14.0. The van der Waals surface area contributed by atoms with Crippen LogP contribution >= 0.6 is 0 Å². The lowest BCUT2D eigenvalue weighted by atomic mass is 9.74. The first kappa shape index (κ1) is 30.7. The molecule has 4 N–H and O–H groups in total. The van der Waals surface area contributed by atoms with E-state index in [1.807, 2.05) is 0 Å². The van der Waals surface area contributed by atoms with Crippen LogP contribution in [-0.2, 0) is 10.3 Å². The number of amides is 2. The number of nitrogens with zero attached hydrogens (tertiary/aromatic N) is 1. The number of nitrogens with one attached hydrogen (secondary N) is 2. The van der Waals surface area contributed by atoms with Gasteiger partial charge in [-0.3, -0.25) is 0 Å². The number of rotatable bonds is 12. The van der Waals surface area contributed by atoms with Gasteiger partial charge in [0.15, 0.2) is 11.6 Å². The Balaban J connectivity index is 1.78. The maximum Gasteiger partial charge on any atom is 0.317 e. The van der Waals surface area contributed by atoms with E-state index in [-0.39, 0.29) is 24.9 Å². The molecule has 1 aromatic carbocycles. The highest BCUT2D eigenvalue weighted by molar-refractivity contribution is 5.74. The van der Waals surface area contributed by atoms with Crippen molar-refractivity contribution in [2.24, 2.45) is 11.8 Å². The van der Waals surface area contributed by atoms with Gasteiger partial charge in [0.2, 0.25) is 0 Å². The lowest BCUT2D eigenvalue weighted by molar-refractivity contribution is -0.0596. The smallest absolute Gasteiger partial charge is 0.317 e. The number of aliphatic hydroxyl groups excluding tert-OH is 1. The number of likely N-dealkylation sites (tertiary alicyclic amines) is 1. The second-order valence-electron chi connectivity index (χ2n) is 10.9. The van der Waals surface area contributed by atoms with Gasteiger partial charge in [0, 0.05) is 50.9 Å². The topological polar surface area (TPSA) is 94.1 Å². The standard InChI is InChI=1S/C28H44F3N3O4/c1-32-17-24(26(35)19-9-4-3-5-10-19)33-27(36)34-13-8-11-20(18-34)28(37,12-6-7-14-38-2)22-15-21(29)16-23(30)25(22)31/h15-16,19-20,24,26,32,35,37H,3-14,17-18H2,1-2H3,(H,33,36)/t20-,24-,26-,28+/m1/s1. The molecule has 10 heteroatoms. The van der Waals surface area contributed by atoms with Gasteiger partial charge in [-0.25, -0.2) is 18.0 Å². The largest absolute Gasteiger partial charge is 0.391 e. The Labute approximate surface area is 224 Å². The number of ether oxygens (including phenoxy) is 1. The molecule has 1 heterocycles. The number of aliphatic hydroxyl groups is 2. The Morgan fingerprint density at radius 2 is 1.89 bits per heavy atom. The van der Waals surface area contributed by atoms with Gasteiger partial charge >= 0.3 is 6.03 Å². The van der Waals surface area contributed by atoms with E-state index < -0.39 is 46.7 Å². The minimum Gasteiger partial charge on any atom is -0.391 e. The molecule has 1 saturated heterocycles. The fourth-order valence-electron chi connectivity index (χ4n) is 6.15. The molecule has 7 nitrogen and oxygen atoms in total. The van der Waals surface area contributed by atoms with Crippen LogP contribution in [-0.4, -0.2) is 73.7 Å². The molecular formula is C28H44F3N3O4. The summed E-state index contributed by atoms with van der Waals surface area (Å²) in [7, 11) is 3.32. The average Bonchev–Trinajstić information content (AvgIpc) is 2.92. The lowest BCUT2D eigenvalue weighted by Crippen LogP contribution is -2.57. The number of unbranched alkanes of at least 4 members (excludes halogenated alkanes) is 1. The predicted molar refractivity (Wildman–Crippen MR) is 139 cm³/mol. The number of hydrogen-bond acceptors (Lipinski definition) is 5. The number of methoxy groups -OCH3 is 1. The molecule has 2 fully saturated rings. The molecule has 0 unspecified atom stereocenters. The average molecular weight is 544 g/mol. The molecule has 3 rings (SSSR count). The highest BCUT2D eigenvalue weighted by atomic mass is 19.2. The molecule has 2 aliphatic rings. The van der Waals surface area contributed by atoms with Gasteiger partial charge in [-0.2, -0.15) is 0 Å². The third-order valence-corrected chi connectivity index (χ3v) is 8.28. The first-order chi connectivity index (χ1) is 18.2. The van der Waals surface area contributed by atoms with Crippen LogP contribution in [0.4, 0.5) is 18.0 Å². The van der Waals surface area contributed by atoms with Crippen molar-refractivity contribution in [3.63, 3.8) is 0 Å². The predicted octanol–water partition coefficient (Wildman–Crippen LogP) is 4.06. The summed E-state index contributed by atoms with van der Waals surface area (Å²) < 4.78 is 48.3. The SMILES string of the molecule is CNC[C@@H](NC(=O)N1CCC[C@@H]([C@@](O)(CCCCOC)c2cc(F)cc(F)c2F)C1)[C@H](O)C1CCCCC1. The van der Waals surface area contributed by atoms with Crippen molar-refractivity contribution in [2.45, 2.75) is 82.0 Å². The maximum atomic E-state index is 14.9. The highest BCUT2D eigenvalue weighted by Gasteiger charge is 2.44. The summed E-state index contributed by atoms with van der Waals surface area (Å²) in [5.41, 5.74) is -2.29. The number of urea groups is 1. The third kappa shape index (κ3) is 7.61. The van der Waals surface area contributed by atoms with Crippen molar-refractivity contribution in [1.82, 2.24) is 15.5 Å². The molecule has 4 atom stereocenters. The number of halogens is 3. The molecule has 1 saturated carbocycles. The fraction of sp³-hybridized carbons (Fsp3) is 0.750. The summed E-state index contributed by atoms with van der Waals surface area (Å²) in [4.78, 5) is 14.9. The molecule has 1 aromatic rings. The van der Waals surface area contributed by atoms with Crippen LogP contribution in [0.15, 0.2) is 12.1 Å². The Morgan fingerprint density at radius 1 is 1.16 bits per heavy atom. The zero-order chi connectivity index (χ0) is 27.7. The Kier molecular flexibility index (Phi) is 11.7. The highest BCUT2D eigenvalue weighted by Crippen LogP contribution is 2.41. The second-order valence-corrected chi connectivity index (χ2v) is 10.9. The Morgan fingerprint density at radius 3 is 2.58 bits per heavy atom. The molecule has 1 aliphatic heterocycles. The van der Waals surface area contributed by atoms with E-state index in [9.17, 15) is 28.2 Å². The summed E-state index contributed by atoms with van der Waals surface area (Å²) >= 11 is 0. The van der Waals surface area contributed by atoms with Crippen molar-refractivity contribution in [2.75, 3.05) is 40.4 Å². The normalized spacial score (nSPS) is 22.1. The quantitative estimate of drug-likeness (QED) is 0.236. The van der Waals surface area contributed by atoms with Gasteiger partial charge in [0.05, 0.1) is 17.7 Å². The Hall–Kier alpha value is -1.88. The zero-order valence-electron chi connectivity index (χ0n) is 22.7. The van der Waals surface area contributed by atoms with E-state index in [2.05, 4.69) is 10.6 Å². The fourth-order valence-corrected chi connectivity index (χ4v) is 6.15. The van der Waals surface area contributed by atoms with E-state index in [1.165, 1.54) is 0 Å². The summed E-state index contributed by atoms with van der Waals surface area (Å²) in [6.07, 6.45) is 6.56. The van der Waals surface area contributed by atoms with Gasteiger partial charge in [0.1, 0.15) is 5.82 Å². The van der Waals surface area contributed by atoms with E-state index in [1.54, 1.807) is 19.1 Å². The molecule has 1 aliphatic carbocycles. The van der Waals surface area contributed by atoms with Crippen molar-refractivity contribution in [3.8, 4) is 0 Å². The van der Waals surface area contributed by atoms with Gasteiger partial charge in [0.25, 0.3) is 0 Å². The van der Waals surface area contributed by atoms with Crippen molar-refractivity contribution in [3.05, 3.63) is 35.1 Å². The number of hydrogen-bond donors (Lipinski definition) is 4. The van der Waals surface area contributed by atoms with Crippen LogP contribution in [0, 0.1) is 29.3 Å². The monoisotopic (exact) mass is 543 g/mol. The maximum absolute atomic E-state index is 14.9. The number of carbonyl (C=O) groups excluding carboxylic acids is 1. The molecule has 216 valence electrons. The number of piperidine rings is 1. The van der Waals surface area contributed by atoms with Crippen LogP contribution in [0.25, 0.3) is 0 Å². The van der Waals surface area contributed by atoms with Crippen molar-refractivity contribution >= 4 is 6.03 Å². The molecule has 38 heavy (non-hydrogen) atoms. The van der Waals surface area contributed by atoms with Gasteiger partial charge in [-0.1, -0.05) is 19.3 Å². The van der Waals surface area contributed by atoms with Crippen LogP contribution in [0.1, 0.15) is 69.8 Å². The summed E-state index contributed by atoms with van der Waals surface area (Å²) in [6, 6.07) is 0.456. The van der Waals surface area contributed by atoms with Gasteiger partial charge < -0.3 is 30.5 Å². The summed E-state index contributed by atoms with van der Waals surface area (Å²) in [5, 5.41) is 28.9. The summed E-state index contributed by atoms with van der Waals surface area (Å²) in [5.74, 6) is -4.10.